The predicted octanol–water partition coefficient (Wildman–Crippen LogP) is 4.33. The number of nitro groups is 1. The van der Waals surface area contributed by atoms with Crippen LogP contribution in [0.2, 0.25) is 0 Å². The standard InChI is InChI=1S/C14H9BrN2O3/c1-9-2-4-11(15)6-14(9)20-12-5-3-10(8-16)13(7-12)17(18)19/h2-7H,1H3. The monoisotopic (exact) mass is 332 g/mol. The molecule has 0 spiro atoms. The maximum Gasteiger partial charge on any atom is 0.290 e. The molecular weight excluding hydrogens is 324 g/mol. The van der Waals surface area contributed by atoms with Gasteiger partial charge in [0.05, 0.1) is 11.0 Å². The summed E-state index contributed by atoms with van der Waals surface area (Å²) >= 11 is 3.34. The average molecular weight is 333 g/mol. The molecule has 6 heteroatoms. The van der Waals surface area contributed by atoms with Gasteiger partial charge in [0.1, 0.15) is 23.1 Å². The molecular formula is C14H9BrN2O3. The third kappa shape index (κ3) is 2.95. The van der Waals surface area contributed by atoms with Crippen molar-refractivity contribution in [2.75, 3.05) is 0 Å². The van der Waals surface area contributed by atoms with E-state index >= 15 is 0 Å². The van der Waals surface area contributed by atoms with Crippen molar-refractivity contribution in [2.24, 2.45) is 0 Å². The number of hydrogen-bond donors (Lipinski definition) is 0. The highest BCUT2D eigenvalue weighted by molar-refractivity contribution is 9.10. The summed E-state index contributed by atoms with van der Waals surface area (Å²) in [4.78, 5) is 10.3. The van der Waals surface area contributed by atoms with Crippen LogP contribution in [0.1, 0.15) is 11.1 Å². The summed E-state index contributed by atoms with van der Waals surface area (Å²) in [6, 6.07) is 11.5. The van der Waals surface area contributed by atoms with Crippen molar-refractivity contribution in [1.29, 1.82) is 5.26 Å². The summed E-state index contributed by atoms with van der Waals surface area (Å²) in [6.07, 6.45) is 0. The predicted molar refractivity (Wildman–Crippen MR) is 76.8 cm³/mol. The van der Waals surface area contributed by atoms with E-state index in [4.69, 9.17) is 10.00 Å². The van der Waals surface area contributed by atoms with Crippen LogP contribution in [-0.4, -0.2) is 4.92 Å². The Labute approximate surface area is 123 Å². The SMILES string of the molecule is Cc1ccc(Br)cc1Oc1ccc(C#N)c([N+](=O)[O-])c1. The van der Waals surface area contributed by atoms with E-state index in [1.807, 2.05) is 19.1 Å². The summed E-state index contributed by atoms with van der Waals surface area (Å²) < 4.78 is 6.48. The van der Waals surface area contributed by atoms with E-state index in [1.165, 1.54) is 18.2 Å². The molecule has 0 saturated carbocycles. The summed E-state index contributed by atoms with van der Waals surface area (Å²) in [5.74, 6) is 0.912. The van der Waals surface area contributed by atoms with Crippen LogP contribution in [0.15, 0.2) is 40.9 Å². The Morgan fingerprint density at radius 3 is 2.70 bits per heavy atom. The zero-order valence-electron chi connectivity index (χ0n) is 10.5. The first-order valence-corrected chi connectivity index (χ1v) is 6.43. The summed E-state index contributed by atoms with van der Waals surface area (Å²) in [7, 11) is 0. The van der Waals surface area contributed by atoms with Gasteiger partial charge in [0.2, 0.25) is 0 Å². The molecule has 2 rings (SSSR count). The molecule has 0 amide bonds. The lowest BCUT2D eigenvalue weighted by Gasteiger charge is -2.09. The first-order chi connectivity index (χ1) is 9.51. The number of halogens is 1. The van der Waals surface area contributed by atoms with Gasteiger partial charge in [-0.2, -0.15) is 5.26 Å². The molecule has 2 aromatic carbocycles. The topological polar surface area (TPSA) is 76.2 Å². The third-order valence-electron chi connectivity index (χ3n) is 2.66. The zero-order valence-corrected chi connectivity index (χ0v) is 12.0. The van der Waals surface area contributed by atoms with E-state index in [2.05, 4.69) is 15.9 Å². The van der Waals surface area contributed by atoms with Gasteiger partial charge in [-0.15, -0.1) is 0 Å². The minimum Gasteiger partial charge on any atom is -0.457 e. The first-order valence-electron chi connectivity index (χ1n) is 5.64. The van der Waals surface area contributed by atoms with Gasteiger partial charge in [0, 0.05) is 4.47 Å². The van der Waals surface area contributed by atoms with Crippen molar-refractivity contribution < 1.29 is 9.66 Å². The van der Waals surface area contributed by atoms with Crippen LogP contribution in [0.3, 0.4) is 0 Å². The molecule has 0 aliphatic rings. The van der Waals surface area contributed by atoms with Crippen molar-refractivity contribution in [3.05, 3.63) is 62.1 Å². The fourth-order valence-electron chi connectivity index (χ4n) is 1.63. The van der Waals surface area contributed by atoms with Crippen LogP contribution in [0.4, 0.5) is 5.69 Å². The molecule has 0 saturated heterocycles. The highest BCUT2D eigenvalue weighted by atomic mass is 79.9. The Balaban J connectivity index is 2.40. The fourth-order valence-corrected chi connectivity index (χ4v) is 1.97. The van der Waals surface area contributed by atoms with Crippen molar-refractivity contribution in [3.63, 3.8) is 0 Å². The highest BCUT2D eigenvalue weighted by Gasteiger charge is 2.15. The minimum absolute atomic E-state index is 0.00770. The Kier molecular flexibility index (Phi) is 4.01. The number of benzene rings is 2. The Morgan fingerprint density at radius 2 is 2.05 bits per heavy atom. The van der Waals surface area contributed by atoms with Crippen LogP contribution >= 0.6 is 15.9 Å². The number of nitro benzene ring substituents is 1. The van der Waals surface area contributed by atoms with Gasteiger partial charge in [-0.05, 0) is 36.8 Å². The third-order valence-corrected chi connectivity index (χ3v) is 3.16. The molecule has 2 aromatic rings. The smallest absolute Gasteiger partial charge is 0.290 e. The van der Waals surface area contributed by atoms with Crippen LogP contribution < -0.4 is 4.74 Å². The van der Waals surface area contributed by atoms with Crippen molar-refractivity contribution >= 4 is 21.6 Å². The summed E-state index contributed by atoms with van der Waals surface area (Å²) in [6.45, 7) is 1.87. The second-order valence-corrected chi connectivity index (χ2v) is 4.98. The maximum atomic E-state index is 10.9. The van der Waals surface area contributed by atoms with Crippen molar-refractivity contribution in [3.8, 4) is 17.6 Å². The van der Waals surface area contributed by atoms with Gasteiger partial charge >= 0.3 is 0 Å². The molecule has 0 radical (unpaired) electrons. The Morgan fingerprint density at radius 1 is 1.30 bits per heavy atom. The molecule has 0 aliphatic carbocycles. The lowest BCUT2D eigenvalue weighted by Crippen LogP contribution is -1.94. The van der Waals surface area contributed by atoms with Gasteiger partial charge in [0.25, 0.3) is 5.69 Å². The van der Waals surface area contributed by atoms with Gasteiger partial charge in [-0.25, -0.2) is 0 Å². The average Bonchev–Trinajstić information content (AvgIpc) is 2.42. The van der Waals surface area contributed by atoms with E-state index < -0.39 is 4.92 Å². The first kappa shape index (κ1) is 14.0. The molecule has 0 atom stereocenters. The molecule has 20 heavy (non-hydrogen) atoms. The largest absolute Gasteiger partial charge is 0.457 e. The zero-order chi connectivity index (χ0) is 14.7. The number of aryl methyl sites for hydroxylation is 1. The van der Waals surface area contributed by atoms with Crippen molar-refractivity contribution in [2.45, 2.75) is 6.92 Å². The lowest BCUT2D eigenvalue weighted by molar-refractivity contribution is -0.385. The number of rotatable bonds is 3. The number of nitriles is 1. The van der Waals surface area contributed by atoms with E-state index in [1.54, 1.807) is 12.1 Å². The Hall–Kier alpha value is -2.39. The van der Waals surface area contributed by atoms with Crippen LogP contribution in [0.25, 0.3) is 0 Å². The number of ether oxygens (including phenoxy) is 1. The van der Waals surface area contributed by atoms with Gasteiger partial charge in [-0.3, -0.25) is 10.1 Å². The molecule has 0 bridgehead atoms. The molecule has 5 nitrogen and oxygen atoms in total. The quantitative estimate of drug-likeness (QED) is 0.619. The molecule has 0 heterocycles. The lowest BCUT2D eigenvalue weighted by atomic mass is 10.2. The second kappa shape index (κ2) is 5.72. The molecule has 0 fully saturated rings. The van der Waals surface area contributed by atoms with Crippen LogP contribution in [0, 0.1) is 28.4 Å². The second-order valence-electron chi connectivity index (χ2n) is 4.06. The minimum atomic E-state index is -0.598. The van der Waals surface area contributed by atoms with Gasteiger partial charge in [0.15, 0.2) is 0 Å². The van der Waals surface area contributed by atoms with E-state index in [0.29, 0.717) is 11.5 Å². The van der Waals surface area contributed by atoms with Crippen LogP contribution in [-0.2, 0) is 0 Å². The van der Waals surface area contributed by atoms with E-state index in [0.717, 1.165) is 10.0 Å². The van der Waals surface area contributed by atoms with E-state index in [9.17, 15) is 10.1 Å². The molecule has 100 valence electrons. The molecule has 0 unspecified atom stereocenters. The number of hydrogen-bond acceptors (Lipinski definition) is 4. The maximum absolute atomic E-state index is 10.9. The van der Waals surface area contributed by atoms with E-state index in [-0.39, 0.29) is 11.3 Å². The van der Waals surface area contributed by atoms with Gasteiger partial charge in [-0.1, -0.05) is 22.0 Å². The molecule has 0 aromatic heterocycles. The highest BCUT2D eigenvalue weighted by Crippen LogP contribution is 2.31. The summed E-state index contributed by atoms with van der Waals surface area (Å²) in [5.41, 5.74) is 0.645. The number of nitrogens with zero attached hydrogens (tertiary/aromatic N) is 2. The normalized spacial score (nSPS) is 9.85. The molecule has 0 N–H and O–H groups in total. The molecule has 0 aliphatic heterocycles. The summed E-state index contributed by atoms with van der Waals surface area (Å²) in [5, 5.41) is 19.7. The van der Waals surface area contributed by atoms with Crippen LogP contribution in [0.5, 0.6) is 11.5 Å². The Bertz CT molecular complexity index is 723. The van der Waals surface area contributed by atoms with Gasteiger partial charge < -0.3 is 4.74 Å². The fraction of sp³-hybridized carbons (Fsp3) is 0.0714. The van der Waals surface area contributed by atoms with Crippen molar-refractivity contribution in [1.82, 2.24) is 0 Å².